The molecule has 0 bridgehead atoms. The first-order valence-corrected chi connectivity index (χ1v) is 6.67. The summed E-state index contributed by atoms with van der Waals surface area (Å²) in [6, 6.07) is 7.98. The van der Waals surface area contributed by atoms with E-state index in [4.69, 9.17) is 4.74 Å². The lowest BCUT2D eigenvalue weighted by molar-refractivity contribution is 0.0514. The molecule has 0 unspecified atom stereocenters. The third-order valence-corrected chi connectivity index (χ3v) is 3.41. The molecule has 0 aliphatic carbocycles. The topological polar surface area (TPSA) is 31.2 Å². The van der Waals surface area contributed by atoms with Gasteiger partial charge in [-0.15, -0.1) is 0 Å². The van der Waals surface area contributed by atoms with Crippen LogP contribution in [0.5, 0.6) is 0 Å². The van der Waals surface area contributed by atoms with Gasteiger partial charge in [-0.2, -0.15) is 0 Å². The lowest BCUT2D eigenvalue weighted by Crippen LogP contribution is -2.12. The molecule has 0 N–H and O–H groups in total. The molecule has 100 valence electrons. The van der Waals surface area contributed by atoms with Crippen molar-refractivity contribution >= 4 is 21.9 Å². The molecule has 0 saturated heterocycles. The number of esters is 1. The van der Waals surface area contributed by atoms with Crippen molar-refractivity contribution in [2.24, 2.45) is 0 Å². The summed E-state index contributed by atoms with van der Waals surface area (Å²) in [5.74, 6) is -0.653. The van der Waals surface area contributed by atoms with E-state index in [0.717, 1.165) is 5.56 Å². The zero-order chi connectivity index (χ0) is 13.8. The van der Waals surface area contributed by atoms with E-state index >= 15 is 0 Å². The van der Waals surface area contributed by atoms with E-state index < -0.39 is 0 Å². The van der Waals surface area contributed by atoms with Crippen molar-refractivity contribution < 1.29 is 13.9 Å². The summed E-state index contributed by atoms with van der Waals surface area (Å²) in [7, 11) is 0. The first-order chi connectivity index (χ1) is 9.11. The molecule has 3 nitrogen and oxygen atoms in total. The Labute approximate surface area is 119 Å². The van der Waals surface area contributed by atoms with Crippen LogP contribution in [0.2, 0.25) is 0 Å². The van der Waals surface area contributed by atoms with Gasteiger partial charge in [0, 0.05) is 17.2 Å². The van der Waals surface area contributed by atoms with Crippen LogP contribution in [0.15, 0.2) is 41.0 Å². The van der Waals surface area contributed by atoms with Crippen molar-refractivity contribution in [3.05, 3.63) is 58.1 Å². The molecule has 1 aromatic heterocycles. The quantitative estimate of drug-likeness (QED) is 0.804. The molecule has 0 fully saturated rings. The van der Waals surface area contributed by atoms with Gasteiger partial charge in [0.2, 0.25) is 0 Å². The van der Waals surface area contributed by atoms with Gasteiger partial charge >= 0.3 is 5.97 Å². The van der Waals surface area contributed by atoms with Gasteiger partial charge in [-0.3, -0.25) is 0 Å². The molecule has 2 aromatic rings. The Bertz CT molecular complexity index is 595. The highest BCUT2D eigenvalue weighted by Crippen LogP contribution is 2.20. The number of halogens is 2. The van der Waals surface area contributed by atoms with Crippen LogP contribution in [-0.4, -0.2) is 17.1 Å². The number of nitrogens with zero attached hydrogens (tertiary/aromatic N) is 1. The lowest BCUT2D eigenvalue weighted by atomic mass is 10.2. The van der Waals surface area contributed by atoms with Crippen molar-refractivity contribution in [2.75, 3.05) is 6.61 Å². The van der Waals surface area contributed by atoms with Gasteiger partial charge in [0.25, 0.3) is 0 Å². The average Bonchev–Trinajstić information content (AvgIpc) is 2.81. The van der Waals surface area contributed by atoms with Gasteiger partial charge in [0.1, 0.15) is 11.5 Å². The molecule has 0 amide bonds. The summed E-state index contributed by atoms with van der Waals surface area (Å²) in [5.41, 5.74) is 1.38. The molecule has 0 radical (unpaired) electrons. The van der Waals surface area contributed by atoms with Crippen molar-refractivity contribution in [1.82, 2.24) is 4.57 Å². The molecular formula is C14H13BrFNO2. The molecule has 2 rings (SSSR count). The molecular weight excluding hydrogens is 313 g/mol. The van der Waals surface area contributed by atoms with E-state index in [1.54, 1.807) is 35.9 Å². The van der Waals surface area contributed by atoms with E-state index in [1.807, 2.05) is 0 Å². The number of aromatic nitrogens is 1. The van der Waals surface area contributed by atoms with Crippen LogP contribution in [0.4, 0.5) is 4.39 Å². The number of carbonyl (C=O) groups is 1. The molecule has 0 atom stereocenters. The fourth-order valence-electron chi connectivity index (χ4n) is 1.78. The van der Waals surface area contributed by atoms with Gasteiger partial charge in [0.05, 0.1) is 6.61 Å². The Morgan fingerprint density at radius 3 is 2.89 bits per heavy atom. The van der Waals surface area contributed by atoms with Crippen LogP contribution in [0.1, 0.15) is 23.0 Å². The third-order valence-electron chi connectivity index (χ3n) is 2.67. The standard InChI is InChI=1S/C14H13BrFNO2/c1-2-19-14(18)13-4-3-7-17(13)9-10-5-6-11(16)8-12(10)15/h3-8H,2,9H2,1H3. The first kappa shape index (κ1) is 13.8. The highest BCUT2D eigenvalue weighted by molar-refractivity contribution is 9.10. The third kappa shape index (κ3) is 3.23. The molecule has 5 heteroatoms. The number of ether oxygens (including phenoxy) is 1. The van der Waals surface area contributed by atoms with E-state index in [-0.39, 0.29) is 11.8 Å². The van der Waals surface area contributed by atoms with Crippen molar-refractivity contribution in [3.63, 3.8) is 0 Å². The number of hydrogen-bond donors (Lipinski definition) is 0. The summed E-state index contributed by atoms with van der Waals surface area (Å²) in [6.45, 7) is 2.58. The zero-order valence-corrected chi connectivity index (χ0v) is 12.0. The Kier molecular flexibility index (Phi) is 4.37. The predicted molar refractivity (Wildman–Crippen MR) is 73.6 cm³/mol. The fourth-order valence-corrected chi connectivity index (χ4v) is 2.25. The van der Waals surface area contributed by atoms with Gasteiger partial charge < -0.3 is 9.30 Å². The number of carbonyl (C=O) groups excluding carboxylic acids is 1. The van der Waals surface area contributed by atoms with Crippen LogP contribution < -0.4 is 0 Å². The van der Waals surface area contributed by atoms with Crippen LogP contribution in [0, 0.1) is 5.82 Å². The molecule has 0 aliphatic heterocycles. The van der Waals surface area contributed by atoms with Crippen LogP contribution in [-0.2, 0) is 11.3 Å². The van der Waals surface area contributed by atoms with Gasteiger partial charge in [0.15, 0.2) is 0 Å². The van der Waals surface area contributed by atoms with E-state index in [1.165, 1.54) is 12.1 Å². The van der Waals surface area contributed by atoms with Crippen LogP contribution in [0.3, 0.4) is 0 Å². The average molecular weight is 326 g/mol. The van der Waals surface area contributed by atoms with Gasteiger partial charge in [-0.25, -0.2) is 9.18 Å². The molecule has 1 heterocycles. The molecule has 1 aromatic carbocycles. The second-order valence-electron chi connectivity index (χ2n) is 3.98. The van der Waals surface area contributed by atoms with Crippen LogP contribution in [0.25, 0.3) is 0 Å². The zero-order valence-electron chi connectivity index (χ0n) is 10.4. The summed E-state index contributed by atoms with van der Waals surface area (Å²) in [6.07, 6.45) is 1.79. The van der Waals surface area contributed by atoms with Crippen molar-refractivity contribution in [3.8, 4) is 0 Å². The second-order valence-corrected chi connectivity index (χ2v) is 4.83. The van der Waals surface area contributed by atoms with Crippen LogP contribution >= 0.6 is 15.9 Å². The smallest absolute Gasteiger partial charge is 0.354 e. The number of benzene rings is 1. The SMILES string of the molecule is CCOC(=O)c1cccn1Cc1ccc(F)cc1Br. The second kappa shape index (κ2) is 6.02. The highest BCUT2D eigenvalue weighted by Gasteiger charge is 2.12. The summed E-state index contributed by atoms with van der Waals surface area (Å²) in [4.78, 5) is 11.7. The predicted octanol–water partition coefficient (Wildman–Crippen LogP) is 3.61. The minimum Gasteiger partial charge on any atom is -0.461 e. The Morgan fingerprint density at radius 2 is 2.21 bits per heavy atom. The van der Waals surface area contributed by atoms with Gasteiger partial charge in [-0.05, 0) is 36.8 Å². The van der Waals surface area contributed by atoms with Crippen molar-refractivity contribution in [2.45, 2.75) is 13.5 Å². The van der Waals surface area contributed by atoms with E-state index in [0.29, 0.717) is 23.3 Å². The number of hydrogen-bond acceptors (Lipinski definition) is 2. The maximum atomic E-state index is 13.0. The van der Waals surface area contributed by atoms with E-state index in [2.05, 4.69) is 15.9 Å². The number of rotatable bonds is 4. The summed E-state index contributed by atoms with van der Waals surface area (Å²) < 4.78 is 20.5. The lowest BCUT2D eigenvalue weighted by Gasteiger charge is -2.10. The molecule has 0 spiro atoms. The molecule has 19 heavy (non-hydrogen) atoms. The minimum absolute atomic E-state index is 0.297. The summed E-state index contributed by atoms with van der Waals surface area (Å²) >= 11 is 3.32. The maximum absolute atomic E-state index is 13.0. The largest absolute Gasteiger partial charge is 0.461 e. The fraction of sp³-hybridized carbons (Fsp3) is 0.214. The summed E-state index contributed by atoms with van der Waals surface area (Å²) in [5, 5.41) is 0. The Morgan fingerprint density at radius 1 is 1.42 bits per heavy atom. The molecule has 0 aliphatic rings. The molecule has 0 saturated carbocycles. The van der Waals surface area contributed by atoms with Crippen molar-refractivity contribution in [1.29, 1.82) is 0 Å². The normalized spacial score (nSPS) is 10.5. The van der Waals surface area contributed by atoms with E-state index in [9.17, 15) is 9.18 Å². The monoisotopic (exact) mass is 325 g/mol. The minimum atomic E-state index is -0.356. The Hall–Kier alpha value is -1.62. The van der Waals surface area contributed by atoms with Gasteiger partial charge in [-0.1, -0.05) is 22.0 Å². The highest BCUT2D eigenvalue weighted by atomic mass is 79.9. The Balaban J connectivity index is 2.24. The first-order valence-electron chi connectivity index (χ1n) is 5.88. The maximum Gasteiger partial charge on any atom is 0.354 e.